The lowest BCUT2D eigenvalue weighted by molar-refractivity contribution is 0.603. The fourth-order valence-corrected chi connectivity index (χ4v) is 3.80. The van der Waals surface area contributed by atoms with Gasteiger partial charge >= 0.3 is 0 Å². The quantitative estimate of drug-likeness (QED) is 0.586. The molecule has 0 saturated carbocycles. The zero-order valence-corrected chi connectivity index (χ0v) is 15.2. The van der Waals surface area contributed by atoms with Gasteiger partial charge in [-0.15, -0.1) is 0 Å². The molecule has 122 valence electrons. The van der Waals surface area contributed by atoms with Crippen molar-refractivity contribution in [3.63, 3.8) is 0 Å². The highest BCUT2D eigenvalue weighted by atomic mass is 15.2. The van der Waals surface area contributed by atoms with E-state index in [0.717, 1.165) is 22.5 Å². The molecule has 1 aliphatic heterocycles. The Balaban J connectivity index is 2.08. The second kappa shape index (κ2) is 4.79. The lowest BCUT2D eigenvalue weighted by Crippen LogP contribution is -2.33. The Morgan fingerprint density at radius 2 is 1.50 bits per heavy atom. The highest BCUT2D eigenvalue weighted by molar-refractivity contribution is 5.83. The van der Waals surface area contributed by atoms with Crippen LogP contribution in [0.3, 0.4) is 0 Å². The highest BCUT2D eigenvalue weighted by Gasteiger charge is 2.38. The van der Waals surface area contributed by atoms with Crippen molar-refractivity contribution in [2.75, 3.05) is 11.9 Å². The summed E-state index contributed by atoms with van der Waals surface area (Å²) in [6.45, 7) is 10.9. The maximum Gasteiger partial charge on any atom is 0.156 e. The van der Waals surface area contributed by atoms with Crippen LogP contribution in [0.4, 0.5) is 11.5 Å². The van der Waals surface area contributed by atoms with Crippen molar-refractivity contribution in [2.24, 2.45) is 0 Å². The second-order valence-electron chi connectivity index (χ2n) is 7.48. The van der Waals surface area contributed by atoms with Crippen molar-refractivity contribution < 1.29 is 0 Å². The number of aromatic nitrogens is 2. The summed E-state index contributed by atoms with van der Waals surface area (Å²) in [6, 6.07) is 10.8. The van der Waals surface area contributed by atoms with E-state index in [4.69, 9.17) is 9.97 Å². The first-order chi connectivity index (χ1) is 11.3. The second-order valence-corrected chi connectivity index (χ2v) is 7.48. The lowest BCUT2D eigenvalue weighted by atomic mass is 9.76. The molecule has 3 aromatic rings. The third-order valence-electron chi connectivity index (χ3n) is 5.42. The zero-order valence-electron chi connectivity index (χ0n) is 15.2. The minimum Gasteiger partial charge on any atom is -0.327 e. The number of fused-ring (bicyclic) bond motifs is 3. The standard InChI is InChI=1S/C21H23N3/c1-12-8-7-9-15-18(12)24(6)20-19(21(15,4)5)22-16-10-13(2)14(3)11-17(16)23-20/h7-11H,1-6H3. The Morgan fingerprint density at radius 1 is 0.875 bits per heavy atom. The van der Waals surface area contributed by atoms with Gasteiger partial charge in [0.2, 0.25) is 0 Å². The van der Waals surface area contributed by atoms with Crippen LogP contribution in [0.2, 0.25) is 0 Å². The fourth-order valence-electron chi connectivity index (χ4n) is 3.80. The van der Waals surface area contributed by atoms with Crippen LogP contribution < -0.4 is 4.90 Å². The van der Waals surface area contributed by atoms with Crippen LogP contribution in [-0.2, 0) is 5.41 Å². The normalized spacial score (nSPS) is 15.3. The first-order valence-corrected chi connectivity index (χ1v) is 8.44. The van der Waals surface area contributed by atoms with E-state index >= 15 is 0 Å². The molecule has 1 aliphatic rings. The van der Waals surface area contributed by atoms with Crippen molar-refractivity contribution in [3.05, 3.63) is 58.3 Å². The molecule has 0 radical (unpaired) electrons. The number of anilines is 2. The average Bonchev–Trinajstić information content (AvgIpc) is 2.53. The van der Waals surface area contributed by atoms with Gasteiger partial charge in [-0.05, 0) is 69.0 Å². The topological polar surface area (TPSA) is 29.0 Å². The van der Waals surface area contributed by atoms with E-state index in [1.807, 2.05) is 0 Å². The Kier molecular flexibility index (Phi) is 3.02. The molecule has 0 bridgehead atoms. The summed E-state index contributed by atoms with van der Waals surface area (Å²) in [5, 5.41) is 0. The molecule has 3 heteroatoms. The van der Waals surface area contributed by atoms with E-state index in [0.29, 0.717) is 0 Å². The number of benzene rings is 2. The van der Waals surface area contributed by atoms with Crippen molar-refractivity contribution in [1.29, 1.82) is 0 Å². The highest BCUT2D eigenvalue weighted by Crippen LogP contribution is 2.48. The molecule has 0 unspecified atom stereocenters. The van der Waals surface area contributed by atoms with Crippen LogP contribution in [0.5, 0.6) is 0 Å². The predicted molar refractivity (Wildman–Crippen MR) is 100 cm³/mol. The molecule has 0 saturated heterocycles. The lowest BCUT2D eigenvalue weighted by Gasteiger charge is -2.39. The van der Waals surface area contributed by atoms with Gasteiger partial charge in [-0.3, -0.25) is 0 Å². The van der Waals surface area contributed by atoms with Crippen molar-refractivity contribution >= 4 is 22.5 Å². The number of para-hydroxylation sites is 1. The van der Waals surface area contributed by atoms with E-state index in [-0.39, 0.29) is 5.41 Å². The molecule has 2 aromatic carbocycles. The molecule has 0 N–H and O–H groups in total. The van der Waals surface area contributed by atoms with Gasteiger partial charge in [-0.2, -0.15) is 0 Å². The number of hydrogen-bond donors (Lipinski definition) is 0. The SMILES string of the molecule is Cc1cc2nc3c(nc2cc1C)C(C)(C)c1cccc(C)c1N3C. The van der Waals surface area contributed by atoms with Crippen molar-refractivity contribution in [1.82, 2.24) is 9.97 Å². The molecule has 0 spiro atoms. The Hall–Kier alpha value is -2.42. The molecule has 4 rings (SSSR count). The van der Waals surface area contributed by atoms with Crippen LogP contribution >= 0.6 is 0 Å². The van der Waals surface area contributed by atoms with Crippen LogP contribution in [-0.4, -0.2) is 17.0 Å². The van der Waals surface area contributed by atoms with Gasteiger partial charge in [-0.1, -0.05) is 18.2 Å². The monoisotopic (exact) mass is 317 g/mol. The largest absolute Gasteiger partial charge is 0.327 e. The summed E-state index contributed by atoms with van der Waals surface area (Å²) < 4.78 is 0. The molecule has 3 nitrogen and oxygen atoms in total. The third-order valence-corrected chi connectivity index (χ3v) is 5.42. The maximum absolute atomic E-state index is 5.05. The zero-order chi connectivity index (χ0) is 17.2. The van der Waals surface area contributed by atoms with Gasteiger partial charge < -0.3 is 4.90 Å². The summed E-state index contributed by atoms with van der Waals surface area (Å²) in [5.41, 5.74) is 9.20. The molecule has 0 atom stereocenters. The molecule has 24 heavy (non-hydrogen) atoms. The van der Waals surface area contributed by atoms with Crippen LogP contribution in [0.1, 0.15) is 41.8 Å². The van der Waals surface area contributed by atoms with Crippen molar-refractivity contribution in [2.45, 2.75) is 40.0 Å². The van der Waals surface area contributed by atoms with E-state index in [1.165, 1.54) is 27.9 Å². The Labute approximate surface area is 143 Å². The van der Waals surface area contributed by atoms with E-state index in [9.17, 15) is 0 Å². The summed E-state index contributed by atoms with van der Waals surface area (Å²) >= 11 is 0. The molecular formula is C21H23N3. The summed E-state index contributed by atoms with van der Waals surface area (Å²) in [6.07, 6.45) is 0. The summed E-state index contributed by atoms with van der Waals surface area (Å²) in [5.74, 6) is 0.970. The number of hydrogen-bond acceptors (Lipinski definition) is 3. The smallest absolute Gasteiger partial charge is 0.156 e. The van der Waals surface area contributed by atoms with Gasteiger partial charge in [0.25, 0.3) is 0 Å². The van der Waals surface area contributed by atoms with Crippen molar-refractivity contribution in [3.8, 4) is 0 Å². The van der Waals surface area contributed by atoms with Gasteiger partial charge in [-0.25, -0.2) is 9.97 Å². The Morgan fingerprint density at radius 3 is 2.17 bits per heavy atom. The predicted octanol–water partition coefficient (Wildman–Crippen LogP) is 4.96. The molecule has 0 amide bonds. The van der Waals surface area contributed by atoms with Crippen LogP contribution in [0, 0.1) is 20.8 Å². The first-order valence-electron chi connectivity index (χ1n) is 8.44. The van der Waals surface area contributed by atoms with Gasteiger partial charge in [0.05, 0.1) is 16.7 Å². The fraction of sp³-hybridized carbons (Fsp3) is 0.333. The molecule has 1 aromatic heterocycles. The summed E-state index contributed by atoms with van der Waals surface area (Å²) in [4.78, 5) is 12.2. The maximum atomic E-state index is 5.05. The molecular weight excluding hydrogens is 294 g/mol. The number of rotatable bonds is 0. The minimum atomic E-state index is -0.164. The van der Waals surface area contributed by atoms with Crippen LogP contribution in [0.25, 0.3) is 11.0 Å². The molecule has 2 heterocycles. The van der Waals surface area contributed by atoms with E-state index in [1.54, 1.807) is 0 Å². The first kappa shape index (κ1) is 15.1. The van der Waals surface area contributed by atoms with Gasteiger partial charge in [0, 0.05) is 18.2 Å². The van der Waals surface area contributed by atoms with E-state index < -0.39 is 0 Å². The summed E-state index contributed by atoms with van der Waals surface area (Å²) in [7, 11) is 2.10. The number of nitrogens with zero attached hydrogens (tertiary/aromatic N) is 3. The Bertz CT molecular complexity index is 986. The molecule has 0 fully saturated rings. The van der Waals surface area contributed by atoms with Crippen LogP contribution in [0.15, 0.2) is 30.3 Å². The van der Waals surface area contributed by atoms with E-state index in [2.05, 4.69) is 76.9 Å². The molecule has 0 aliphatic carbocycles. The minimum absolute atomic E-state index is 0.164. The van der Waals surface area contributed by atoms with Gasteiger partial charge in [0.15, 0.2) is 5.82 Å². The average molecular weight is 317 g/mol. The third kappa shape index (κ3) is 1.90. The number of aryl methyl sites for hydroxylation is 3. The van der Waals surface area contributed by atoms with Gasteiger partial charge in [0.1, 0.15) is 0 Å².